The summed E-state index contributed by atoms with van der Waals surface area (Å²) in [6.45, 7) is 2.40. The average molecular weight is 419 g/mol. The molecule has 8 heteroatoms. The number of hydrogen-bond acceptors (Lipinski definition) is 5. The second-order valence-corrected chi connectivity index (χ2v) is 7.47. The molecule has 0 radical (unpaired) electrons. The molecule has 0 bridgehead atoms. The van der Waals surface area contributed by atoms with Crippen LogP contribution in [0.3, 0.4) is 0 Å². The average Bonchev–Trinajstić information content (AvgIpc) is 3.38. The number of halogens is 1. The molecule has 0 spiro atoms. The van der Waals surface area contributed by atoms with Crippen molar-refractivity contribution in [3.05, 3.63) is 59.6 Å². The highest BCUT2D eigenvalue weighted by atomic mass is 35.5. The fourth-order valence-corrected chi connectivity index (χ4v) is 3.91. The Morgan fingerprint density at radius 2 is 2.14 bits per heavy atom. The third-order valence-electron chi connectivity index (χ3n) is 4.55. The fraction of sp³-hybridized carbons (Fsp3) is 0.300. The number of carbonyl (C=O) groups excluding carboxylic acids is 1. The standard InChI is InChI=1S/C20H22N4O2S.ClH/c1-23(20(25)17-12-21-9-10-26-17)13-15-14-24(16-6-3-2-4-7-16)22-19(15)18-8-5-11-27-18;/h2-8,11,14,17,21H,9-10,12-13H2,1H3;1H. The summed E-state index contributed by atoms with van der Waals surface area (Å²) >= 11 is 1.65. The number of morpholine rings is 1. The van der Waals surface area contributed by atoms with Gasteiger partial charge in [-0.25, -0.2) is 4.68 Å². The van der Waals surface area contributed by atoms with Crippen molar-refractivity contribution in [1.82, 2.24) is 20.0 Å². The van der Waals surface area contributed by atoms with E-state index in [1.807, 2.05) is 59.7 Å². The van der Waals surface area contributed by atoms with Crippen molar-refractivity contribution < 1.29 is 9.53 Å². The first-order valence-electron chi connectivity index (χ1n) is 8.97. The lowest BCUT2D eigenvalue weighted by molar-refractivity contribution is -0.144. The number of hydrogen-bond donors (Lipinski definition) is 1. The van der Waals surface area contributed by atoms with Gasteiger partial charge in [-0.15, -0.1) is 23.7 Å². The van der Waals surface area contributed by atoms with E-state index in [0.717, 1.165) is 28.4 Å². The molecule has 148 valence electrons. The van der Waals surface area contributed by atoms with Gasteiger partial charge in [0.05, 0.1) is 17.2 Å². The SMILES string of the molecule is CN(Cc1cn(-c2ccccc2)nc1-c1cccs1)C(=O)C1CNCCO1.Cl. The number of rotatable bonds is 5. The number of amides is 1. The molecular weight excluding hydrogens is 396 g/mol. The van der Waals surface area contributed by atoms with E-state index in [1.54, 1.807) is 16.2 Å². The van der Waals surface area contributed by atoms with Crippen LogP contribution in [0.5, 0.6) is 0 Å². The van der Waals surface area contributed by atoms with Gasteiger partial charge in [-0.2, -0.15) is 5.10 Å². The minimum atomic E-state index is -0.418. The Kier molecular flexibility index (Phi) is 6.85. The van der Waals surface area contributed by atoms with Crippen LogP contribution in [-0.2, 0) is 16.1 Å². The van der Waals surface area contributed by atoms with Gasteiger partial charge in [-0.1, -0.05) is 24.3 Å². The summed E-state index contributed by atoms with van der Waals surface area (Å²) in [6, 6.07) is 14.1. The Morgan fingerprint density at radius 3 is 2.82 bits per heavy atom. The zero-order valence-corrected chi connectivity index (χ0v) is 17.2. The molecule has 0 saturated carbocycles. The van der Waals surface area contributed by atoms with E-state index in [4.69, 9.17) is 9.84 Å². The van der Waals surface area contributed by atoms with Crippen molar-refractivity contribution in [2.45, 2.75) is 12.6 Å². The summed E-state index contributed by atoms with van der Waals surface area (Å²) in [6.07, 6.45) is 1.59. The summed E-state index contributed by atoms with van der Waals surface area (Å²) in [5.41, 5.74) is 2.92. The van der Waals surface area contributed by atoms with Gasteiger partial charge in [0.1, 0.15) is 11.8 Å². The molecule has 3 aromatic rings. The molecule has 0 aliphatic carbocycles. The Morgan fingerprint density at radius 1 is 1.32 bits per heavy atom. The Balaban J connectivity index is 0.00000225. The molecule has 1 unspecified atom stereocenters. The molecule has 1 atom stereocenters. The van der Waals surface area contributed by atoms with Gasteiger partial charge in [0.15, 0.2) is 0 Å². The molecule has 1 saturated heterocycles. The largest absolute Gasteiger partial charge is 0.366 e. The number of nitrogens with zero attached hydrogens (tertiary/aromatic N) is 3. The van der Waals surface area contributed by atoms with Crippen LogP contribution in [0.4, 0.5) is 0 Å². The van der Waals surface area contributed by atoms with Gasteiger partial charge in [-0.3, -0.25) is 4.79 Å². The Labute approximate surface area is 174 Å². The molecule has 1 fully saturated rings. The lowest BCUT2D eigenvalue weighted by Gasteiger charge is -2.27. The molecule has 3 heterocycles. The second kappa shape index (κ2) is 9.34. The maximum atomic E-state index is 12.7. The molecule has 6 nitrogen and oxygen atoms in total. The van der Waals surface area contributed by atoms with Crippen molar-refractivity contribution in [2.75, 3.05) is 26.7 Å². The quantitative estimate of drug-likeness (QED) is 0.692. The molecule has 1 amide bonds. The topological polar surface area (TPSA) is 59.4 Å². The minimum Gasteiger partial charge on any atom is -0.366 e. The molecule has 4 rings (SSSR count). The van der Waals surface area contributed by atoms with Crippen molar-refractivity contribution in [3.8, 4) is 16.3 Å². The minimum absolute atomic E-state index is 0. The van der Waals surface area contributed by atoms with E-state index < -0.39 is 6.10 Å². The van der Waals surface area contributed by atoms with E-state index >= 15 is 0 Å². The number of benzene rings is 1. The first-order chi connectivity index (χ1) is 13.2. The first kappa shape index (κ1) is 20.5. The monoisotopic (exact) mass is 418 g/mol. The van der Waals surface area contributed by atoms with Gasteiger partial charge in [0.2, 0.25) is 0 Å². The number of para-hydroxylation sites is 1. The zero-order chi connectivity index (χ0) is 18.6. The lowest BCUT2D eigenvalue weighted by atomic mass is 10.2. The summed E-state index contributed by atoms with van der Waals surface area (Å²) in [4.78, 5) is 15.5. The van der Waals surface area contributed by atoms with Gasteiger partial charge in [0.25, 0.3) is 5.91 Å². The van der Waals surface area contributed by atoms with E-state index in [1.165, 1.54) is 0 Å². The van der Waals surface area contributed by atoms with Crippen molar-refractivity contribution in [1.29, 1.82) is 0 Å². The predicted octanol–water partition coefficient (Wildman–Crippen LogP) is 2.97. The van der Waals surface area contributed by atoms with Crippen molar-refractivity contribution in [2.24, 2.45) is 0 Å². The van der Waals surface area contributed by atoms with E-state index in [9.17, 15) is 4.79 Å². The maximum absolute atomic E-state index is 12.7. The summed E-state index contributed by atoms with van der Waals surface area (Å²) < 4.78 is 7.48. The van der Waals surface area contributed by atoms with Crippen LogP contribution in [0.1, 0.15) is 5.56 Å². The maximum Gasteiger partial charge on any atom is 0.253 e. The number of ether oxygens (including phenoxy) is 1. The second-order valence-electron chi connectivity index (χ2n) is 6.52. The van der Waals surface area contributed by atoms with E-state index in [2.05, 4.69) is 11.4 Å². The van der Waals surface area contributed by atoms with Crippen molar-refractivity contribution in [3.63, 3.8) is 0 Å². The number of nitrogens with one attached hydrogen (secondary N) is 1. The highest BCUT2D eigenvalue weighted by Gasteiger charge is 2.26. The van der Waals surface area contributed by atoms with E-state index in [-0.39, 0.29) is 18.3 Å². The van der Waals surface area contributed by atoms with E-state index in [0.29, 0.717) is 19.7 Å². The highest BCUT2D eigenvalue weighted by Crippen LogP contribution is 2.28. The third-order valence-corrected chi connectivity index (χ3v) is 5.43. The van der Waals surface area contributed by atoms with Crippen LogP contribution in [-0.4, -0.2) is 53.4 Å². The molecule has 28 heavy (non-hydrogen) atoms. The van der Waals surface area contributed by atoms with Crippen LogP contribution in [0.2, 0.25) is 0 Å². The number of aromatic nitrogens is 2. The van der Waals surface area contributed by atoms with Gasteiger partial charge in [-0.05, 0) is 23.6 Å². The predicted molar refractivity (Wildman–Crippen MR) is 113 cm³/mol. The van der Waals surface area contributed by atoms with Crippen LogP contribution in [0.25, 0.3) is 16.3 Å². The van der Waals surface area contributed by atoms with Crippen molar-refractivity contribution >= 4 is 29.7 Å². The van der Waals surface area contributed by atoms with Gasteiger partial charge < -0.3 is 15.0 Å². The zero-order valence-electron chi connectivity index (χ0n) is 15.6. The fourth-order valence-electron chi connectivity index (χ4n) is 3.16. The van der Waals surface area contributed by atoms with Gasteiger partial charge >= 0.3 is 0 Å². The molecule has 2 aromatic heterocycles. The molecule has 1 aliphatic rings. The summed E-state index contributed by atoms with van der Waals surface area (Å²) in [5, 5.41) is 10.0. The third kappa shape index (κ3) is 4.44. The highest BCUT2D eigenvalue weighted by molar-refractivity contribution is 7.13. The first-order valence-corrected chi connectivity index (χ1v) is 9.85. The molecular formula is C20H23ClN4O2S. The summed E-state index contributed by atoms with van der Waals surface area (Å²) in [5.74, 6) is -0.00760. The smallest absolute Gasteiger partial charge is 0.253 e. The molecule has 1 aromatic carbocycles. The van der Waals surface area contributed by atoms with Crippen LogP contribution in [0.15, 0.2) is 54.0 Å². The summed E-state index contributed by atoms with van der Waals surface area (Å²) in [7, 11) is 1.82. The van der Waals surface area contributed by atoms with Gasteiger partial charge in [0, 0.05) is 38.4 Å². The Hall–Kier alpha value is -2.19. The normalized spacial score (nSPS) is 16.4. The lowest BCUT2D eigenvalue weighted by Crippen LogP contribution is -2.48. The molecule has 1 N–H and O–H groups in total. The Bertz CT molecular complexity index is 892. The van der Waals surface area contributed by atoms with Crippen LogP contribution in [0, 0.1) is 0 Å². The van der Waals surface area contributed by atoms with Crippen LogP contribution < -0.4 is 5.32 Å². The number of thiophene rings is 1. The number of carbonyl (C=O) groups is 1. The number of likely N-dealkylation sites (N-methyl/N-ethyl adjacent to an activating group) is 1. The van der Waals surface area contributed by atoms with Crippen LogP contribution >= 0.6 is 23.7 Å². The molecule has 1 aliphatic heterocycles.